The van der Waals surface area contributed by atoms with Crippen molar-refractivity contribution < 1.29 is 17.6 Å². The second kappa shape index (κ2) is 8.23. The quantitative estimate of drug-likeness (QED) is 0.783. The number of carbonyl (C=O) groups is 1. The first kappa shape index (κ1) is 18.4. The van der Waals surface area contributed by atoms with Gasteiger partial charge < -0.3 is 5.32 Å². The summed E-state index contributed by atoms with van der Waals surface area (Å²) in [4.78, 5) is 11.7. The van der Waals surface area contributed by atoms with Crippen LogP contribution in [-0.2, 0) is 21.2 Å². The van der Waals surface area contributed by atoms with Gasteiger partial charge in [0.1, 0.15) is 5.82 Å². The third-order valence-electron chi connectivity index (χ3n) is 3.22. The first-order chi connectivity index (χ1) is 11.4. The van der Waals surface area contributed by atoms with Crippen LogP contribution in [0.4, 0.5) is 4.39 Å². The molecule has 0 aliphatic carbocycles. The first-order valence-corrected chi connectivity index (χ1v) is 9.00. The minimum Gasteiger partial charge on any atom is -0.355 e. The summed E-state index contributed by atoms with van der Waals surface area (Å²) in [5, 5.41) is 2.95. The topological polar surface area (TPSA) is 75.3 Å². The van der Waals surface area contributed by atoms with Crippen molar-refractivity contribution in [3.63, 3.8) is 0 Å². The van der Waals surface area contributed by atoms with Gasteiger partial charge in [0.15, 0.2) is 0 Å². The zero-order valence-electron chi connectivity index (χ0n) is 12.6. The molecule has 0 aromatic heterocycles. The van der Waals surface area contributed by atoms with Gasteiger partial charge in [0.25, 0.3) is 0 Å². The van der Waals surface area contributed by atoms with Crippen molar-refractivity contribution in [2.45, 2.75) is 11.3 Å². The highest BCUT2D eigenvalue weighted by Gasteiger charge is 2.15. The molecule has 24 heavy (non-hydrogen) atoms. The van der Waals surface area contributed by atoms with E-state index in [1.165, 1.54) is 30.3 Å². The third kappa shape index (κ3) is 5.30. The molecule has 0 fully saturated rings. The van der Waals surface area contributed by atoms with Crippen molar-refractivity contribution in [1.29, 1.82) is 0 Å². The standard InChI is InChI=1S/C16H16ClFN2O3S/c17-13-5-7-14(8-6-13)24(22,23)20-11-16(21)19-10-9-12-3-1-2-4-15(12)18/h1-8,20H,9-11H2,(H,19,21). The molecular weight excluding hydrogens is 355 g/mol. The molecule has 2 aromatic carbocycles. The lowest BCUT2D eigenvalue weighted by Gasteiger charge is -2.08. The van der Waals surface area contributed by atoms with E-state index in [0.717, 1.165) is 0 Å². The Morgan fingerprint density at radius 1 is 1.08 bits per heavy atom. The van der Waals surface area contributed by atoms with Crippen molar-refractivity contribution in [3.8, 4) is 0 Å². The zero-order valence-corrected chi connectivity index (χ0v) is 14.2. The van der Waals surface area contributed by atoms with Crippen LogP contribution in [0.15, 0.2) is 53.4 Å². The number of hydrogen-bond donors (Lipinski definition) is 2. The van der Waals surface area contributed by atoms with E-state index in [-0.39, 0.29) is 17.3 Å². The van der Waals surface area contributed by atoms with Gasteiger partial charge in [-0.15, -0.1) is 0 Å². The average Bonchev–Trinajstić information content (AvgIpc) is 2.55. The van der Waals surface area contributed by atoms with E-state index in [0.29, 0.717) is 17.0 Å². The van der Waals surface area contributed by atoms with Gasteiger partial charge in [0.05, 0.1) is 11.4 Å². The van der Waals surface area contributed by atoms with Crippen LogP contribution in [0, 0.1) is 5.82 Å². The maximum absolute atomic E-state index is 13.4. The molecule has 0 aliphatic heterocycles. The number of halogens is 2. The fourth-order valence-electron chi connectivity index (χ4n) is 1.96. The summed E-state index contributed by atoms with van der Waals surface area (Å²) in [6, 6.07) is 11.9. The van der Waals surface area contributed by atoms with Gasteiger partial charge in [0.2, 0.25) is 15.9 Å². The Bertz CT molecular complexity index is 810. The molecule has 0 saturated heterocycles. The zero-order chi connectivity index (χ0) is 17.6. The van der Waals surface area contributed by atoms with Crippen LogP contribution < -0.4 is 10.0 Å². The second-order valence-electron chi connectivity index (χ2n) is 4.97. The van der Waals surface area contributed by atoms with Gasteiger partial charge in [-0.3, -0.25) is 4.79 Å². The molecule has 2 N–H and O–H groups in total. The van der Waals surface area contributed by atoms with Crippen LogP contribution in [0.2, 0.25) is 5.02 Å². The maximum atomic E-state index is 13.4. The van der Waals surface area contributed by atoms with E-state index in [9.17, 15) is 17.6 Å². The van der Waals surface area contributed by atoms with Crippen LogP contribution in [0.3, 0.4) is 0 Å². The van der Waals surface area contributed by atoms with Crippen molar-refractivity contribution in [1.82, 2.24) is 10.0 Å². The monoisotopic (exact) mass is 370 g/mol. The molecule has 0 aliphatic rings. The molecule has 0 bridgehead atoms. The largest absolute Gasteiger partial charge is 0.355 e. The maximum Gasteiger partial charge on any atom is 0.241 e. The Kier molecular flexibility index (Phi) is 6.30. The Morgan fingerprint density at radius 3 is 2.42 bits per heavy atom. The highest BCUT2D eigenvalue weighted by atomic mass is 35.5. The number of rotatable bonds is 7. The number of amides is 1. The lowest BCUT2D eigenvalue weighted by atomic mass is 10.1. The Labute approximate surface area is 144 Å². The predicted octanol–water partition coefficient (Wildman–Crippen LogP) is 2.12. The first-order valence-electron chi connectivity index (χ1n) is 7.14. The summed E-state index contributed by atoms with van der Waals surface area (Å²) < 4.78 is 39.6. The molecule has 1 amide bonds. The Morgan fingerprint density at radius 2 is 1.75 bits per heavy atom. The fourth-order valence-corrected chi connectivity index (χ4v) is 3.07. The third-order valence-corrected chi connectivity index (χ3v) is 4.89. The molecule has 128 valence electrons. The summed E-state index contributed by atoms with van der Waals surface area (Å²) in [7, 11) is -3.79. The number of benzene rings is 2. The van der Waals surface area contributed by atoms with Gasteiger partial charge in [-0.2, -0.15) is 0 Å². The second-order valence-corrected chi connectivity index (χ2v) is 7.17. The summed E-state index contributed by atoms with van der Waals surface area (Å²) in [5.41, 5.74) is 0.486. The lowest BCUT2D eigenvalue weighted by molar-refractivity contribution is -0.119. The van der Waals surface area contributed by atoms with Gasteiger partial charge in [-0.05, 0) is 42.3 Å². The molecule has 8 heteroatoms. The molecule has 0 unspecified atom stereocenters. The highest BCUT2D eigenvalue weighted by Crippen LogP contribution is 2.13. The van der Waals surface area contributed by atoms with E-state index in [2.05, 4.69) is 10.0 Å². The molecule has 0 heterocycles. The number of carbonyl (C=O) groups excluding carboxylic acids is 1. The molecule has 0 atom stereocenters. The summed E-state index contributed by atoms with van der Waals surface area (Å²) in [5.74, 6) is -0.834. The van der Waals surface area contributed by atoms with Crippen molar-refractivity contribution in [2.24, 2.45) is 0 Å². The van der Waals surface area contributed by atoms with Gasteiger partial charge in [0, 0.05) is 11.6 Å². The van der Waals surface area contributed by atoms with E-state index in [1.807, 2.05) is 0 Å². The van der Waals surface area contributed by atoms with Gasteiger partial charge >= 0.3 is 0 Å². The van der Waals surface area contributed by atoms with Crippen LogP contribution in [-0.4, -0.2) is 27.4 Å². The SMILES string of the molecule is O=C(CNS(=O)(=O)c1ccc(Cl)cc1)NCCc1ccccc1F. The van der Waals surface area contributed by atoms with Gasteiger partial charge in [-0.1, -0.05) is 29.8 Å². The minimum absolute atomic E-state index is 0.0195. The Balaban J connectivity index is 1.80. The van der Waals surface area contributed by atoms with E-state index >= 15 is 0 Å². The average molecular weight is 371 g/mol. The van der Waals surface area contributed by atoms with E-state index < -0.39 is 22.5 Å². The number of sulfonamides is 1. The molecule has 2 aromatic rings. The van der Waals surface area contributed by atoms with Gasteiger partial charge in [-0.25, -0.2) is 17.5 Å². The van der Waals surface area contributed by atoms with E-state index in [1.54, 1.807) is 18.2 Å². The van der Waals surface area contributed by atoms with Crippen LogP contribution in [0.1, 0.15) is 5.56 Å². The van der Waals surface area contributed by atoms with Crippen LogP contribution in [0.5, 0.6) is 0 Å². The predicted molar refractivity (Wildman–Crippen MR) is 89.8 cm³/mol. The highest BCUT2D eigenvalue weighted by molar-refractivity contribution is 7.89. The number of nitrogens with one attached hydrogen (secondary N) is 2. The van der Waals surface area contributed by atoms with Crippen molar-refractivity contribution in [2.75, 3.05) is 13.1 Å². The molecule has 2 rings (SSSR count). The molecule has 0 saturated carbocycles. The molecular formula is C16H16ClFN2O3S. The molecule has 0 radical (unpaired) electrons. The molecule has 5 nitrogen and oxygen atoms in total. The normalized spacial score (nSPS) is 11.2. The summed E-state index contributed by atoms with van der Waals surface area (Å²) in [6.07, 6.45) is 0.322. The Hall–Kier alpha value is -1.96. The van der Waals surface area contributed by atoms with E-state index in [4.69, 9.17) is 11.6 Å². The van der Waals surface area contributed by atoms with Crippen molar-refractivity contribution >= 4 is 27.5 Å². The molecule has 0 spiro atoms. The summed E-state index contributed by atoms with van der Waals surface area (Å²) >= 11 is 5.70. The van der Waals surface area contributed by atoms with Crippen LogP contribution >= 0.6 is 11.6 Å². The minimum atomic E-state index is -3.79. The number of hydrogen-bond acceptors (Lipinski definition) is 3. The smallest absolute Gasteiger partial charge is 0.241 e. The van der Waals surface area contributed by atoms with Crippen molar-refractivity contribution in [3.05, 3.63) is 64.9 Å². The summed E-state index contributed by atoms with van der Waals surface area (Å²) in [6.45, 7) is -0.190. The van der Waals surface area contributed by atoms with Crippen LogP contribution in [0.25, 0.3) is 0 Å². The lowest BCUT2D eigenvalue weighted by Crippen LogP contribution is -2.37. The fraction of sp³-hybridized carbons (Fsp3) is 0.188.